The highest BCUT2D eigenvalue weighted by Crippen LogP contribution is 2.23. The van der Waals surface area contributed by atoms with Gasteiger partial charge in [0.15, 0.2) is 0 Å². The number of likely N-dealkylation sites (N-methyl/N-ethyl adjacent to an activating group) is 1. The lowest BCUT2D eigenvalue weighted by atomic mass is 10.2. The molecule has 0 radical (unpaired) electrons. The second-order valence-electron chi connectivity index (χ2n) is 5.20. The number of carbonyl (C=O) groups excluding carboxylic acids is 1. The number of halogens is 2. The molecule has 0 aliphatic heterocycles. The lowest BCUT2D eigenvalue weighted by Gasteiger charge is -2.18. The van der Waals surface area contributed by atoms with Gasteiger partial charge in [-0.3, -0.25) is 4.79 Å². The minimum atomic E-state index is -3.80. The van der Waals surface area contributed by atoms with Gasteiger partial charge in [-0.1, -0.05) is 35.3 Å². The molecule has 1 amide bonds. The summed E-state index contributed by atoms with van der Waals surface area (Å²) >= 11 is 11.8. The van der Waals surface area contributed by atoms with Crippen LogP contribution in [0.15, 0.2) is 47.4 Å². The van der Waals surface area contributed by atoms with Gasteiger partial charge in [0.1, 0.15) is 0 Å². The van der Waals surface area contributed by atoms with Crippen LogP contribution in [0.25, 0.3) is 0 Å². The number of rotatable bonds is 5. The van der Waals surface area contributed by atoms with E-state index >= 15 is 0 Å². The smallest absolute Gasteiger partial charge is 0.243 e. The van der Waals surface area contributed by atoms with E-state index in [0.29, 0.717) is 21.3 Å². The maximum absolute atomic E-state index is 12.6. The number of hydrogen-bond donors (Lipinski definition) is 1. The van der Waals surface area contributed by atoms with Crippen molar-refractivity contribution in [2.75, 3.05) is 18.9 Å². The number of benzene rings is 2. The van der Waals surface area contributed by atoms with Crippen molar-refractivity contribution in [2.45, 2.75) is 11.8 Å². The SMILES string of the molecule is Cc1cc(Cl)ccc1S(=O)(=O)N(C)CC(=O)Nc1ccccc1Cl. The summed E-state index contributed by atoms with van der Waals surface area (Å²) in [6.45, 7) is 1.31. The van der Waals surface area contributed by atoms with Crippen LogP contribution in [0.5, 0.6) is 0 Å². The van der Waals surface area contributed by atoms with Gasteiger partial charge in [-0.2, -0.15) is 4.31 Å². The van der Waals surface area contributed by atoms with Gasteiger partial charge in [0.2, 0.25) is 15.9 Å². The Bertz CT molecular complexity index is 869. The topological polar surface area (TPSA) is 66.5 Å². The van der Waals surface area contributed by atoms with E-state index in [9.17, 15) is 13.2 Å². The Kier molecular flexibility index (Phi) is 5.87. The second kappa shape index (κ2) is 7.53. The average molecular weight is 387 g/mol. The molecule has 0 aliphatic rings. The molecule has 0 heterocycles. The van der Waals surface area contributed by atoms with E-state index in [2.05, 4.69) is 5.32 Å². The van der Waals surface area contributed by atoms with Crippen molar-refractivity contribution in [3.63, 3.8) is 0 Å². The fourth-order valence-electron chi connectivity index (χ4n) is 2.11. The number of para-hydroxylation sites is 1. The number of sulfonamides is 1. The zero-order valence-electron chi connectivity index (χ0n) is 13.1. The molecule has 0 spiro atoms. The molecule has 8 heteroatoms. The molecular weight excluding hydrogens is 371 g/mol. The van der Waals surface area contributed by atoms with Crippen molar-refractivity contribution >= 4 is 44.8 Å². The first-order valence-corrected chi connectivity index (χ1v) is 9.18. The van der Waals surface area contributed by atoms with E-state index in [4.69, 9.17) is 23.2 Å². The zero-order valence-corrected chi connectivity index (χ0v) is 15.4. The van der Waals surface area contributed by atoms with Crippen LogP contribution in [0.4, 0.5) is 5.69 Å². The van der Waals surface area contributed by atoms with Crippen molar-refractivity contribution in [2.24, 2.45) is 0 Å². The lowest BCUT2D eigenvalue weighted by molar-refractivity contribution is -0.116. The normalized spacial score (nSPS) is 11.5. The molecule has 2 aromatic rings. The van der Waals surface area contributed by atoms with Gasteiger partial charge in [-0.15, -0.1) is 0 Å². The summed E-state index contributed by atoms with van der Waals surface area (Å²) in [5.74, 6) is -0.485. The van der Waals surface area contributed by atoms with Gasteiger partial charge in [-0.25, -0.2) is 8.42 Å². The van der Waals surface area contributed by atoms with Crippen LogP contribution in [0.1, 0.15) is 5.56 Å². The zero-order chi connectivity index (χ0) is 17.9. The van der Waals surface area contributed by atoms with Crippen molar-refractivity contribution in [3.8, 4) is 0 Å². The Labute approximate surface area is 151 Å². The minimum absolute atomic E-state index is 0.111. The predicted octanol–water partition coefficient (Wildman–Crippen LogP) is 3.56. The quantitative estimate of drug-likeness (QED) is 0.853. The third-order valence-electron chi connectivity index (χ3n) is 3.34. The van der Waals surface area contributed by atoms with Crippen molar-refractivity contribution in [3.05, 3.63) is 58.1 Å². The molecule has 0 atom stereocenters. The van der Waals surface area contributed by atoms with Crippen LogP contribution in [0.2, 0.25) is 10.0 Å². The number of anilines is 1. The molecule has 0 saturated carbocycles. The van der Waals surface area contributed by atoms with E-state index in [-0.39, 0.29) is 11.4 Å². The van der Waals surface area contributed by atoms with Gasteiger partial charge in [0, 0.05) is 12.1 Å². The Morgan fingerprint density at radius 1 is 1.17 bits per heavy atom. The molecule has 0 aromatic heterocycles. The third kappa shape index (κ3) is 4.27. The summed E-state index contributed by atoms with van der Waals surface area (Å²) in [6, 6.07) is 11.2. The standard InChI is InChI=1S/C16H16Cl2N2O3S/c1-11-9-12(17)7-8-15(11)24(22,23)20(2)10-16(21)19-14-6-4-3-5-13(14)18/h3-9H,10H2,1-2H3,(H,19,21). The number of hydrogen-bond acceptors (Lipinski definition) is 3. The summed E-state index contributed by atoms with van der Waals surface area (Å²) in [4.78, 5) is 12.2. The van der Waals surface area contributed by atoms with E-state index < -0.39 is 15.9 Å². The van der Waals surface area contributed by atoms with Crippen molar-refractivity contribution in [1.82, 2.24) is 4.31 Å². The van der Waals surface area contributed by atoms with E-state index in [1.807, 2.05) is 0 Å². The van der Waals surface area contributed by atoms with Crippen LogP contribution < -0.4 is 5.32 Å². The maximum Gasteiger partial charge on any atom is 0.243 e. The van der Waals surface area contributed by atoms with Gasteiger partial charge in [0.25, 0.3) is 0 Å². The minimum Gasteiger partial charge on any atom is -0.324 e. The van der Waals surface area contributed by atoms with Crippen LogP contribution in [-0.2, 0) is 14.8 Å². The van der Waals surface area contributed by atoms with E-state index in [1.54, 1.807) is 37.3 Å². The first-order chi connectivity index (χ1) is 11.2. The lowest BCUT2D eigenvalue weighted by Crippen LogP contribution is -2.35. The summed E-state index contributed by atoms with van der Waals surface area (Å²) < 4.78 is 26.2. The van der Waals surface area contributed by atoms with E-state index in [0.717, 1.165) is 4.31 Å². The molecule has 0 saturated heterocycles. The summed E-state index contributed by atoms with van der Waals surface area (Å²) in [5.41, 5.74) is 0.943. The number of aryl methyl sites for hydroxylation is 1. The second-order valence-corrected chi connectivity index (χ2v) is 8.06. The first kappa shape index (κ1) is 18.7. The van der Waals surface area contributed by atoms with Gasteiger partial charge in [0.05, 0.1) is 22.2 Å². The Morgan fingerprint density at radius 3 is 2.46 bits per heavy atom. The maximum atomic E-state index is 12.6. The number of nitrogens with zero attached hydrogens (tertiary/aromatic N) is 1. The highest BCUT2D eigenvalue weighted by molar-refractivity contribution is 7.89. The van der Waals surface area contributed by atoms with Gasteiger partial charge >= 0.3 is 0 Å². The molecule has 5 nitrogen and oxygen atoms in total. The van der Waals surface area contributed by atoms with Crippen molar-refractivity contribution < 1.29 is 13.2 Å². The largest absolute Gasteiger partial charge is 0.324 e. The molecule has 0 aliphatic carbocycles. The summed E-state index contributed by atoms with van der Waals surface area (Å²) in [5, 5.41) is 3.42. The average Bonchev–Trinajstić information content (AvgIpc) is 2.49. The molecule has 128 valence electrons. The highest BCUT2D eigenvalue weighted by atomic mass is 35.5. The van der Waals surface area contributed by atoms with Crippen molar-refractivity contribution in [1.29, 1.82) is 0 Å². The Hall–Kier alpha value is -1.60. The first-order valence-electron chi connectivity index (χ1n) is 6.98. The molecule has 0 unspecified atom stereocenters. The molecule has 0 bridgehead atoms. The van der Waals surface area contributed by atoms with Crippen LogP contribution in [0, 0.1) is 6.92 Å². The molecule has 0 fully saturated rings. The summed E-state index contributed by atoms with van der Waals surface area (Å²) in [7, 11) is -2.46. The van der Waals surface area contributed by atoms with Crippen LogP contribution in [0.3, 0.4) is 0 Å². The molecule has 2 aromatic carbocycles. The Morgan fingerprint density at radius 2 is 1.83 bits per heavy atom. The number of amides is 1. The fraction of sp³-hybridized carbons (Fsp3) is 0.188. The number of carbonyl (C=O) groups is 1. The van der Waals surface area contributed by atoms with E-state index in [1.165, 1.54) is 19.2 Å². The monoisotopic (exact) mass is 386 g/mol. The molecule has 24 heavy (non-hydrogen) atoms. The van der Waals surface area contributed by atoms with Gasteiger partial charge in [-0.05, 0) is 42.8 Å². The van der Waals surface area contributed by atoms with Gasteiger partial charge < -0.3 is 5.32 Å². The summed E-state index contributed by atoms with van der Waals surface area (Å²) in [6.07, 6.45) is 0. The number of nitrogens with one attached hydrogen (secondary N) is 1. The Balaban J connectivity index is 2.14. The molecular formula is C16H16Cl2N2O3S. The molecule has 2 rings (SSSR count). The molecule has 1 N–H and O–H groups in total. The van der Waals surface area contributed by atoms with Crippen LogP contribution >= 0.6 is 23.2 Å². The highest BCUT2D eigenvalue weighted by Gasteiger charge is 2.24. The predicted molar refractivity (Wildman–Crippen MR) is 96.1 cm³/mol. The van der Waals surface area contributed by atoms with Crippen LogP contribution in [-0.4, -0.2) is 32.2 Å². The third-order valence-corrected chi connectivity index (χ3v) is 5.87. The fourth-order valence-corrected chi connectivity index (χ4v) is 3.85.